The maximum Gasteiger partial charge on any atom is 0.252 e. The highest BCUT2D eigenvalue weighted by atomic mass is 127. The molecule has 0 saturated carbocycles. The monoisotopic (exact) mass is 401 g/mol. The van der Waals surface area contributed by atoms with E-state index in [1.54, 1.807) is 11.3 Å². The van der Waals surface area contributed by atoms with Gasteiger partial charge in [0.25, 0.3) is 5.91 Å². The fourth-order valence-electron chi connectivity index (χ4n) is 0.893. The average Bonchev–Trinajstić information content (AvgIpc) is 2.50. The Kier molecular flexibility index (Phi) is 4.61. The second kappa shape index (κ2) is 5.14. The van der Waals surface area contributed by atoms with Gasteiger partial charge in [0, 0.05) is 15.7 Å². The molecule has 0 fully saturated rings. The van der Waals surface area contributed by atoms with Gasteiger partial charge in [-0.3, -0.25) is 4.79 Å². The van der Waals surface area contributed by atoms with Crippen LogP contribution in [0.4, 0.5) is 0 Å². The summed E-state index contributed by atoms with van der Waals surface area (Å²) in [6.45, 7) is 6.03. The summed E-state index contributed by atoms with van der Waals surface area (Å²) in [4.78, 5) is 12.1. The Morgan fingerprint density at radius 3 is 2.67 bits per heavy atom. The number of nitrogens with one attached hydrogen (secondary N) is 1. The van der Waals surface area contributed by atoms with Crippen molar-refractivity contribution in [2.24, 2.45) is 0 Å². The van der Waals surface area contributed by atoms with E-state index in [2.05, 4.69) is 43.8 Å². The van der Waals surface area contributed by atoms with Crippen molar-refractivity contribution in [1.82, 2.24) is 5.32 Å². The Morgan fingerprint density at radius 2 is 2.27 bits per heavy atom. The zero-order valence-electron chi connectivity index (χ0n) is 8.80. The summed E-state index contributed by atoms with van der Waals surface area (Å²) in [6, 6.07) is 1.90. The van der Waals surface area contributed by atoms with Gasteiger partial charge in [0.2, 0.25) is 0 Å². The highest BCUT2D eigenvalue weighted by Gasteiger charge is 2.26. The molecule has 5 heteroatoms. The van der Waals surface area contributed by atoms with Crippen molar-refractivity contribution in [2.45, 2.75) is 31.1 Å². The molecule has 1 atom stereocenters. The number of carbonyl (C=O) groups excluding carboxylic acids is 1. The Bertz CT molecular complexity index is 362. The van der Waals surface area contributed by atoms with Crippen molar-refractivity contribution in [3.8, 4) is 0 Å². The molecule has 1 N–H and O–H groups in total. The number of carbonyl (C=O) groups is 1. The minimum Gasteiger partial charge on any atom is -0.346 e. The molecule has 1 rings (SSSR count). The zero-order chi connectivity index (χ0) is 11.6. The topological polar surface area (TPSA) is 29.1 Å². The molecule has 0 spiro atoms. The third kappa shape index (κ3) is 3.71. The Morgan fingerprint density at radius 1 is 1.67 bits per heavy atom. The van der Waals surface area contributed by atoms with Crippen LogP contribution in [0, 0.1) is 2.88 Å². The molecule has 1 unspecified atom stereocenters. The summed E-state index contributed by atoms with van der Waals surface area (Å²) < 4.78 is 1.13. The first-order valence-electron chi connectivity index (χ1n) is 4.53. The predicted octanol–water partition coefficient (Wildman–Crippen LogP) is 3.64. The molecule has 2 nitrogen and oxygen atoms in total. The highest BCUT2D eigenvalue weighted by Crippen LogP contribution is 2.20. The normalized spacial score (nSPS) is 13.7. The van der Waals surface area contributed by atoms with Crippen LogP contribution in [0.3, 0.4) is 0 Å². The average molecular weight is 402 g/mol. The Balaban J connectivity index is 2.72. The van der Waals surface area contributed by atoms with Crippen LogP contribution in [0.1, 0.15) is 31.1 Å². The molecule has 1 aromatic rings. The van der Waals surface area contributed by atoms with Crippen LogP contribution >= 0.6 is 49.9 Å². The number of hydrogen-bond donors (Lipinski definition) is 1. The molecular weight excluding hydrogens is 389 g/mol. The van der Waals surface area contributed by atoms with Gasteiger partial charge in [0.1, 0.15) is 0 Å². The van der Waals surface area contributed by atoms with Crippen LogP contribution in [-0.2, 0) is 0 Å². The lowest BCUT2D eigenvalue weighted by molar-refractivity contribution is 0.0914. The number of hydrogen-bond acceptors (Lipinski definition) is 2. The molecular formula is C10H13BrINOS. The third-order valence-electron chi connectivity index (χ3n) is 2.26. The van der Waals surface area contributed by atoms with Crippen LogP contribution in [-0.4, -0.2) is 16.3 Å². The minimum atomic E-state index is -0.246. The summed E-state index contributed by atoms with van der Waals surface area (Å²) in [6.07, 6.45) is 0. The van der Waals surface area contributed by atoms with Gasteiger partial charge in [-0.25, -0.2) is 0 Å². The van der Waals surface area contributed by atoms with Gasteiger partial charge < -0.3 is 5.32 Å². The Hall–Kier alpha value is 0.380. The van der Waals surface area contributed by atoms with Crippen LogP contribution in [0.25, 0.3) is 0 Å². The van der Waals surface area contributed by atoms with Gasteiger partial charge in [0.15, 0.2) is 0 Å². The molecule has 0 aliphatic rings. The van der Waals surface area contributed by atoms with Crippen LogP contribution in [0.15, 0.2) is 11.4 Å². The van der Waals surface area contributed by atoms with Gasteiger partial charge in [-0.1, -0.05) is 22.9 Å². The Labute approximate surface area is 116 Å². The van der Waals surface area contributed by atoms with Crippen molar-refractivity contribution in [1.29, 1.82) is 0 Å². The lowest BCUT2D eigenvalue weighted by Crippen LogP contribution is -2.48. The molecule has 1 heterocycles. The molecule has 1 amide bonds. The number of amides is 1. The lowest BCUT2D eigenvalue weighted by Gasteiger charge is -2.29. The quantitative estimate of drug-likeness (QED) is 0.607. The first-order chi connectivity index (χ1) is 6.83. The standard InChI is InChI=1S/C10H13BrINOS/c1-6(11)10(2,3)13-9(14)7-4-8(12)15-5-7/h4-6H,1-3H3,(H,13,14). The van der Waals surface area contributed by atoms with Gasteiger partial charge in [-0.2, -0.15) is 0 Å². The minimum absolute atomic E-state index is 0.00883. The van der Waals surface area contributed by atoms with E-state index in [1.807, 2.05) is 32.2 Å². The van der Waals surface area contributed by atoms with Crippen LogP contribution < -0.4 is 5.32 Å². The van der Waals surface area contributed by atoms with Crippen molar-refractivity contribution in [3.05, 3.63) is 19.9 Å². The highest BCUT2D eigenvalue weighted by molar-refractivity contribution is 14.1. The maximum atomic E-state index is 11.8. The number of halogens is 2. The van der Waals surface area contributed by atoms with E-state index < -0.39 is 0 Å². The van der Waals surface area contributed by atoms with Crippen LogP contribution in [0.5, 0.6) is 0 Å². The van der Waals surface area contributed by atoms with Gasteiger partial charge in [-0.15, -0.1) is 11.3 Å². The third-order valence-corrected chi connectivity index (χ3v) is 5.19. The molecule has 84 valence electrons. The zero-order valence-corrected chi connectivity index (χ0v) is 13.4. The molecule has 0 radical (unpaired) electrons. The van der Waals surface area contributed by atoms with E-state index in [9.17, 15) is 4.79 Å². The van der Waals surface area contributed by atoms with E-state index in [4.69, 9.17) is 0 Å². The second-order valence-electron chi connectivity index (χ2n) is 3.93. The molecule has 0 saturated heterocycles. The number of thiophene rings is 1. The molecule has 0 aliphatic carbocycles. The number of alkyl halides is 1. The smallest absolute Gasteiger partial charge is 0.252 e. The fraction of sp³-hybridized carbons (Fsp3) is 0.500. The van der Waals surface area contributed by atoms with Crippen molar-refractivity contribution < 1.29 is 4.79 Å². The maximum absolute atomic E-state index is 11.8. The lowest BCUT2D eigenvalue weighted by atomic mass is 10.0. The summed E-state index contributed by atoms with van der Waals surface area (Å²) >= 11 is 7.28. The summed E-state index contributed by atoms with van der Waals surface area (Å²) in [7, 11) is 0. The molecule has 0 bridgehead atoms. The van der Waals surface area contributed by atoms with Crippen molar-refractivity contribution in [2.75, 3.05) is 0 Å². The summed E-state index contributed by atoms with van der Waals surface area (Å²) in [5, 5.41) is 4.88. The summed E-state index contributed by atoms with van der Waals surface area (Å²) in [5.74, 6) is -0.00883. The van der Waals surface area contributed by atoms with Gasteiger partial charge in [-0.05, 0) is 42.5 Å². The molecule has 0 aliphatic heterocycles. The van der Waals surface area contributed by atoms with Gasteiger partial charge in [0.05, 0.1) is 8.45 Å². The van der Waals surface area contributed by atoms with E-state index in [-0.39, 0.29) is 16.3 Å². The SMILES string of the molecule is CC(Br)C(C)(C)NC(=O)c1csc(I)c1. The fourth-order valence-corrected chi connectivity index (χ4v) is 2.33. The second-order valence-corrected chi connectivity index (χ2v) is 8.11. The first kappa shape index (κ1) is 13.4. The van der Waals surface area contributed by atoms with Crippen molar-refractivity contribution in [3.63, 3.8) is 0 Å². The van der Waals surface area contributed by atoms with Crippen molar-refractivity contribution >= 4 is 55.8 Å². The molecule has 1 aromatic heterocycles. The first-order valence-corrected chi connectivity index (χ1v) is 7.41. The molecule has 0 aromatic carbocycles. The predicted molar refractivity (Wildman–Crippen MR) is 77.0 cm³/mol. The number of rotatable bonds is 3. The van der Waals surface area contributed by atoms with E-state index in [1.165, 1.54) is 0 Å². The van der Waals surface area contributed by atoms with E-state index in [0.717, 1.165) is 8.45 Å². The summed E-state index contributed by atoms with van der Waals surface area (Å²) in [5.41, 5.74) is 0.496. The van der Waals surface area contributed by atoms with E-state index >= 15 is 0 Å². The van der Waals surface area contributed by atoms with Crippen LogP contribution in [0.2, 0.25) is 0 Å². The van der Waals surface area contributed by atoms with Gasteiger partial charge >= 0.3 is 0 Å². The largest absolute Gasteiger partial charge is 0.346 e. The molecule has 15 heavy (non-hydrogen) atoms. The van der Waals surface area contributed by atoms with E-state index in [0.29, 0.717) is 0 Å².